The van der Waals surface area contributed by atoms with Crippen molar-refractivity contribution >= 4 is 10.0 Å². The van der Waals surface area contributed by atoms with Crippen LogP contribution in [0.2, 0.25) is 0 Å². The van der Waals surface area contributed by atoms with Crippen LogP contribution in [0.15, 0.2) is 24.3 Å². The molecule has 0 atom stereocenters. The maximum atomic E-state index is 11.9. The maximum absolute atomic E-state index is 11.9. The van der Waals surface area contributed by atoms with Gasteiger partial charge in [-0.2, -0.15) is 0 Å². The number of nitrogens with zero attached hydrogens (tertiary/aromatic N) is 2. The smallest absolute Gasteiger partial charge is 0.210 e. The molecule has 0 amide bonds. The number of hydrogen-bond donors (Lipinski definition) is 0. The zero-order chi connectivity index (χ0) is 20.0. The third-order valence-corrected chi connectivity index (χ3v) is 7.36. The third kappa shape index (κ3) is 5.69. The van der Waals surface area contributed by atoms with Crippen LogP contribution < -0.4 is 4.74 Å². The van der Waals surface area contributed by atoms with Crippen LogP contribution in [0, 0.1) is 0 Å². The first kappa shape index (κ1) is 21.6. The van der Waals surface area contributed by atoms with Gasteiger partial charge in [0.2, 0.25) is 10.0 Å². The lowest BCUT2D eigenvalue weighted by atomic mass is 9.74. The van der Waals surface area contributed by atoms with Crippen LogP contribution in [0.5, 0.6) is 5.75 Å². The van der Waals surface area contributed by atoms with E-state index in [-0.39, 0.29) is 5.41 Å². The van der Waals surface area contributed by atoms with E-state index in [2.05, 4.69) is 17.0 Å². The Kier molecular flexibility index (Phi) is 7.36. The Bertz CT molecular complexity index is 708. The predicted molar refractivity (Wildman–Crippen MR) is 111 cm³/mol. The molecule has 3 rings (SSSR count). The van der Waals surface area contributed by atoms with Crippen LogP contribution in [-0.2, 0) is 20.2 Å². The molecule has 0 bridgehead atoms. The summed E-state index contributed by atoms with van der Waals surface area (Å²) >= 11 is 0. The second-order valence-corrected chi connectivity index (χ2v) is 10.3. The average molecular weight is 411 g/mol. The number of benzene rings is 1. The lowest BCUT2D eigenvalue weighted by molar-refractivity contribution is 0.0446. The van der Waals surface area contributed by atoms with Crippen molar-refractivity contribution in [2.45, 2.75) is 37.5 Å². The maximum Gasteiger partial charge on any atom is 0.210 e. The van der Waals surface area contributed by atoms with Crippen molar-refractivity contribution in [3.05, 3.63) is 29.8 Å². The second-order valence-electron chi connectivity index (χ2n) is 8.19. The molecule has 1 aromatic rings. The van der Waals surface area contributed by atoms with Crippen LogP contribution in [0.25, 0.3) is 0 Å². The highest BCUT2D eigenvalue weighted by Gasteiger charge is 2.37. The molecule has 158 valence electrons. The lowest BCUT2D eigenvalue weighted by Crippen LogP contribution is -2.45. The van der Waals surface area contributed by atoms with Gasteiger partial charge >= 0.3 is 0 Å². The Labute approximate surface area is 169 Å². The van der Waals surface area contributed by atoms with E-state index in [1.807, 2.05) is 12.1 Å². The summed E-state index contributed by atoms with van der Waals surface area (Å²) in [4.78, 5) is 2.50. The van der Waals surface area contributed by atoms with Crippen molar-refractivity contribution in [2.24, 2.45) is 0 Å². The lowest BCUT2D eigenvalue weighted by Gasteiger charge is -2.40. The van der Waals surface area contributed by atoms with Gasteiger partial charge in [-0.3, -0.25) is 0 Å². The highest BCUT2D eigenvalue weighted by Crippen LogP contribution is 2.36. The molecule has 1 aromatic carbocycles. The van der Waals surface area contributed by atoms with Crippen molar-refractivity contribution in [3.8, 4) is 5.75 Å². The minimum absolute atomic E-state index is 0.204. The molecule has 0 aliphatic carbocycles. The number of ether oxygens (including phenoxy) is 2. The number of hydrogen-bond acceptors (Lipinski definition) is 5. The molecular formula is C21H34N2O4S. The van der Waals surface area contributed by atoms with Crippen molar-refractivity contribution < 1.29 is 17.9 Å². The van der Waals surface area contributed by atoms with Gasteiger partial charge in [-0.1, -0.05) is 12.1 Å². The first-order chi connectivity index (χ1) is 13.4. The zero-order valence-corrected chi connectivity index (χ0v) is 18.0. The molecule has 7 heteroatoms. The van der Waals surface area contributed by atoms with E-state index in [0.29, 0.717) is 19.8 Å². The molecule has 28 heavy (non-hydrogen) atoms. The van der Waals surface area contributed by atoms with Gasteiger partial charge in [0.05, 0.1) is 12.9 Å². The van der Waals surface area contributed by atoms with Crippen molar-refractivity contribution in [1.29, 1.82) is 0 Å². The Hall–Kier alpha value is -1.15. The summed E-state index contributed by atoms with van der Waals surface area (Å²) in [6, 6.07) is 8.22. The van der Waals surface area contributed by atoms with Crippen LogP contribution in [-0.4, -0.2) is 76.9 Å². The average Bonchev–Trinajstić information content (AvgIpc) is 3.19. The summed E-state index contributed by atoms with van der Waals surface area (Å²) in [5.74, 6) is 0.879. The van der Waals surface area contributed by atoms with Gasteiger partial charge in [0.25, 0.3) is 0 Å². The first-order valence-electron chi connectivity index (χ1n) is 10.3. The van der Waals surface area contributed by atoms with Crippen LogP contribution in [0.4, 0.5) is 0 Å². The molecule has 0 aromatic heterocycles. The second kappa shape index (κ2) is 9.57. The highest BCUT2D eigenvalue weighted by atomic mass is 32.2. The third-order valence-electron chi connectivity index (χ3n) is 6.09. The Morgan fingerprint density at radius 2 is 1.79 bits per heavy atom. The molecule has 6 nitrogen and oxygen atoms in total. The molecule has 2 fully saturated rings. The summed E-state index contributed by atoms with van der Waals surface area (Å²) in [6.07, 6.45) is 6.60. The van der Waals surface area contributed by atoms with Gasteiger partial charge in [0, 0.05) is 38.8 Å². The summed E-state index contributed by atoms with van der Waals surface area (Å²) < 4.78 is 36.8. The van der Waals surface area contributed by atoms with E-state index in [9.17, 15) is 8.42 Å². The van der Waals surface area contributed by atoms with Crippen molar-refractivity contribution in [2.75, 3.05) is 59.3 Å². The number of likely N-dealkylation sites (tertiary alicyclic amines) is 1. The van der Waals surface area contributed by atoms with Crippen LogP contribution >= 0.6 is 0 Å². The SMILES string of the molecule is CN(CC1(c2ccc(OCCCN3CCCC3)cc2)CCOCC1)S(C)(=O)=O. The van der Waals surface area contributed by atoms with Crippen LogP contribution in [0.1, 0.15) is 37.7 Å². The van der Waals surface area contributed by atoms with Gasteiger partial charge in [-0.25, -0.2) is 12.7 Å². The van der Waals surface area contributed by atoms with Crippen LogP contribution in [0.3, 0.4) is 0 Å². The van der Waals surface area contributed by atoms with Gasteiger partial charge in [-0.05, 0) is 62.9 Å². The summed E-state index contributed by atoms with van der Waals surface area (Å²) in [5, 5.41) is 0. The quantitative estimate of drug-likeness (QED) is 0.586. The number of rotatable bonds is 9. The molecular weight excluding hydrogens is 376 g/mol. The molecule has 0 unspecified atom stereocenters. The van der Waals surface area contributed by atoms with Gasteiger partial charge in [-0.15, -0.1) is 0 Å². The molecule has 0 spiro atoms. The fraction of sp³-hybridized carbons (Fsp3) is 0.714. The molecule has 0 N–H and O–H groups in total. The Morgan fingerprint density at radius 3 is 2.39 bits per heavy atom. The van der Waals surface area contributed by atoms with E-state index in [0.717, 1.165) is 43.7 Å². The molecule has 0 saturated carbocycles. The Morgan fingerprint density at radius 1 is 1.14 bits per heavy atom. The van der Waals surface area contributed by atoms with Crippen molar-refractivity contribution in [1.82, 2.24) is 9.21 Å². The zero-order valence-electron chi connectivity index (χ0n) is 17.2. The Balaban J connectivity index is 1.59. The fourth-order valence-corrected chi connectivity index (χ4v) is 4.71. The molecule has 0 radical (unpaired) electrons. The van der Waals surface area contributed by atoms with E-state index in [1.54, 1.807) is 7.05 Å². The molecule has 2 heterocycles. The molecule has 2 saturated heterocycles. The van der Waals surface area contributed by atoms with E-state index in [4.69, 9.17) is 9.47 Å². The minimum Gasteiger partial charge on any atom is -0.494 e. The van der Waals surface area contributed by atoms with Crippen molar-refractivity contribution in [3.63, 3.8) is 0 Å². The summed E-state index contributed by atoms with van der Waals surface area (Å²) in [7, 11) is -1.56. The number of sulfonamides is 1. The summed E-state index contributed by atoms with van der Waals surface area (Å²) in [6.45, 7) is 6.08. The first-order valence-corrected chi connectivity index (χ1v) is 12.2. The van der Waals surface area contributed by atoms with Gasteiger partial charge < -0.3 is 14.4 Å². The van der Waals surface area contributed by atoms with E-state index in [1.165, 1.54) is 36.5 Å². The highest BCUT2D eigenvalue weighted by molar-refractivity contribution is 7.88. The summed E-state index contributed by atoms with van der Waals surface area (Å²) in [5.41, 5.74) is 0.959. The minimum atomic E-state index is -3.21. The van der Waals surface area contributed by atoms with Gasteiger partial charge in [0.1, 0.15) is 5.75 Å². The fourth-order valence-electron chi connectivity index (χ4n) is 4.23. The van der Waals surface area contributed by atoms with Gasteiger partial charge in [0.15, 0.2) is 0 Å². The monoisotopic (exact) mass is 410 g/mol. The predicted octanol–water partition coefficient (Wildman–Crippen LogP) is 2.49. The number of likely N-dealkylation sites (N-methyl/N-ethyl adjacent to an activating group) is 1. The standard InChI is InChI=1S/C21H34N2O4S/c1-22(28(2,24)25)18-21(10-16-26-17-11-21)19-6-8-20(9-7-19)27-15-5-14-23-12-3-4-13-23/h6-9H,3-5,10-18H2,1-2H3. The normalized spacial score (nSPS) is 20.5. The largest absolute Gasteiger partial charge is 0.494 e. The molecule has 2 aliphatic heterocycles. The molecule has 2 aliphatic rings. The van der Waals surface area contributed by atoms with E-state index >= 15 is 0 Å². The van der Waals surface area contributed by atoms with E-state index < -0.39 is 10.0 Å². The topological polar surface area (TPSA) is 59.1 Å².